The largest absolute Gasteiger partial charge is 0.368 e. The Morgan fingerprint density at radius 3 is 2.75 bits per heavy atom. The van der Waals surface area contributed by atoms with E-state index in [0.717, 1.165) is 30.0 Å². The van der Waals surface area contributed by atoms with Crippen molar-refractivity contribution in [3.05, 3.63) is 29.8 Å². The highest BCUT2D eigenvalue weighted by atomic mass is 32.2. The third kappa shape index (κ3) is 3.79. The number of carbonyl (C=O) groups is 1. The molecule has 0 aliphatic carbocycles. The Bertz CT molecular complexity index is 387. The number of halogens is 2. The van der Waals surface area contributed by atoms with Crippen molar-refractivity contribution in [3.63, 3.8) is 0 Å². The standard InChI is InChI=1S/C10H12F2N2OS/c11-6-1-2-7(12)9(5-6)16-4-3-8(13)10(14)15/h1-2,5,8H,3-4,13H2,(H2,14,15). The van der Waals surface area contributed by atoms with E-state index in [1.807, 2.05) is 0 Å². The summed E-state index contributed by atoms with van der Waals surface area (Å²) < 4.78 is 25.9. The smallest absolute Gasteiger partial charge is 0.234 e. The molecule has 1 amide bonds. The molecule has 0 aliphatic heterocycles. The van der Waals surface area contributed by atoms with Crippen molar-refractivity contribution in [2.45, 2.75) is 17.4 Å². The molecule has 0 radical (unpaired) electrons. The first kappa shape index (κ1) is 12.9. The summed E-state index contributed by atoms with van der Waals surface area (Å²) in [6.07, 6.45) is 0.329. The van der Waals surface area contributed by atoms with Crippen molar-refractivity contribution < 1.29 is 13.6 Å². The molecule has 1 aromatic rings. The van der Waals surface area contributed by atoms with E-state index in [1.54, 1.807) is 0 Å². The first-order valence-electron chi connectivity index (χ1n) is 4.63. The lowest BCUT2D eigenvalue weighted by atomic mass is 10.2. The van der Waals surface area contributed by atoms with Crippen molar-refractivity contribution in [1.82, 2.24) is 0 Å². The van der Waals surface area contributed by atoms with Gasteiger partial charge in [-0.2, -0.15) is 0 Å². The number of amides is 1. The van der Waals surface area contributed by atoms with E-state index in [1.165, 1.54) is 0 Å². The second-order valence-corrected chi connectivity index (χ2v) is 4.36. The lowest BCUT2D eigenvalue weighted by Crippen LogP contribution is -2.36. The van der Waals surface area contributed by atoms with Gasteiger partial charge in [0.25, 0.3) is 0 Å². The van der Waals surface area contributed by atoms with E-state index < -0.39 is 23.6 Å². The first-order chi connectivity index (χ1) is 7.50. The summed E-state index contributed by atoms with van der Waals surface area (Å²) in [5.41, 5.74) is 10.4. The zero-order valence-corrected chi connectivity index (χ0v) is 9.27. The van der Waals surface area contributed by atoms with Crippen LogP contribution in [0.3, 0.4) is 0 Å². The van der Waals surface area contributed by atoms with Crippen LogP contribution in [0.2, 0.25) is 0 Å². The van der Waals surface area contributed by atoms with Crippen molar-refractivity contribution in [1.29, 1.82) is 0 Å². The average molecular weight is 246 g/mol. The van der Waals surface area contributed by atoms with E-state index >= 15 is 0 Å². The summed E-state index contributed by atoms with van der Waals surface area (Å²) in [6.45, 7) is 0. The molecule has 1 unspecified atom stereocenters. The Hall–Kier alpha value is -1.14. The van der Waals surface area contributed by atoms with Gasteiger partial charge in [0.2, 0.25) is 5.91 Å². The fourth-order valence-electron chi connectivity index (χ4n) is 1.03. The van der Waals surface area contributed by atoms with Crippen LogP contribution in [0.1, 0.15) is 6.42 Å². The maximum atomic E-state index is 13.1. The van der Waals surface area contributed by atoms with Gasteiger partial charge in [-0.15, -0.1) is 11.8 Å². The van der Waals surface area contributed by atoms with Crippen LogP contribution >= 0.6 is 11.8 Å². The molecule has 0 aliphatic rings. The normalized spacial score (nSPS) is 12.4. The minimum Gasteiger partial charge on any atom is -0.368 e. The van der Waals surface area contributed by atoms with E-state index in [0.29, 0.717) is 12.2 Å². The van der Waals surface area contributed by atoms with Crippen LogP contribution in [0.15, 0.2) is 23.1 Å². The highest BCUT2D eigenvalue weighted by molar-refractivity contribution is 7.99. The highest BCUT2D eigenvalue weighted by Gasteiger charge is 2.10. The van der Waals surface area contributed by atoms with Crippen LogP contribution in [0.4, 0.5) is 8.78 Å². The molecule has 4 N–H and O–H groups in total. The summed E-state index contributed by atoms with van der Waals surface area (Å²) in [6, 6.07) is 2.47. The summed E-state index contributed by atoms with van der Waals surface area (Å²) in [5.74, 6) is -1.17. The van der Waals surface area contributed by atoms with Gasteiger partial charge in [-0.05, 0) is 24.6 Å². The molecule has 0 spiro atoms. The van der Waals surface area contributed by atoms with E-state index in [4.69, 9.17) is 11.5 Å². The molecule has 3 nitrogen and oxygen atoms in total. The van der Waals surface area contributed by atoms with Crippen LogP contribution < -0.4 is 11.5 Å². The number of hydrogen-bond donors (Lipinski definition) is 2. The Balaban J connectivity index is 2.48. The second-order valence-electron chi connectivity index (χ2n) is 3.22. The van der Waals surface area contributed by atoms with Gasteiger partial charge in [-0.25, -0.2) is 8.78 Å². The molecule has 0 bridgehead atoms. The molecule has 1 aromatic carbocycles. The Morgan fingerprint density at radius 1 is 1.44 bits per heavy atom. The maximum absolute atomic E-state index is 13.1. The van der Waals surface area contributed by atoms with Crippen molar-refractivity contribution in [2.75, 3.05) is 5.75 Å². The molecule has 0 saturated heterocycles. The van der Waals surface area contributed by atoms with Gasteiger partial charge < -0.3 is 11.5 Å². The number of carbonyl (C=O) groups excluding carboxylic acids is 1. The number of benzene rings is 1. The molecule has 0 saturated carbocycles. The van der Waals surface area contributed by atoms with Crippen LogP contribution in [0.5, 0.6) is 0 Å². The van der Waals surface area contributed by atoms with E-state index in [9.17, 15) is 13.6 Å². The summed E-state index contributed by atoms with van der Waals surface area (Å²) >= 11 is 1.10. The van der Waals surface area contributed by atoms with Gasteiger partial charge in [0.15, 0.2) is 0 Å². The Labute approximate surface area is 96.2 Å². The van der Waals surface area contributed by atoms with Gasteiger partial charge >= 0.3 is 0 Å². The Kier molecular flexibility index (Phi) is 4.70. The molecule has 88 valence electrons. The molecule has 16 heavy (non-hydrogen) atoms. The van der Waals surface area contributed by atoms with Crippen LogP contribution in [0, 0.1) is 11.6 Å². The lowest BCUT2D eigenvalue weighted by Gasteiger charge is -2.07. The maximum Gasteiger partial charge on any atom is 0.234 e. The van der Waals surface area contributed by atoms with Gasteiger partial charge in [-0.1, -0.05) is 0 Å². The molecular formula is C10H12F2N2OS. The quantitative estimate of drug-likeness (QED) is 0.768. The van der Waals surface area contributed by atoms with Crippen molar-refractivity contribution in [3.8, 4) is 0 Å². The van der Waals surface area contributed by atoms with Crippen molar-refractivity contribution in [2.24, 2.45) is 11.5 Å². The van der Waals surface area contributed by atoms with Gasteiger partial charge in [0, 0.05) is 10.6 Å². The molecule has 1 rings (SSSR count). The van der Waals surface area contributed by atoms with Crippen LogP contribution in [-0.2, 0) is 4.79 Å². The fourth-order valence-corrected chi connectivity index (χ4v) is 2.02. The SMILES string of the molecule is NC(=O)C(N)CCSc1cc(F)ccc1F. The number of thioether (sulfide) groups is 1. The highest BCUT2D eigenvalue weighted by Crippen LogP contribution is 2.23. The van der Waals surface area contributed by atoms with Gasteiger partial charge in [0.05, 0.1) is 6.04 Å². The Morgan fingerprint density at radius 2 is 2.12 bits per heavy atom. The fraction of sp³-hybridized carbons (Fsp3) is 0.300. The number of rotatable bonds is 5. The molecule has 6 heteroatoms. The van der Waals surface area contributed by atoms with Gasteiger partial charge in [-0.3, -0.25) is 4.79 Å². The number of nitrogens with two attached hydrogens (primary N) is 2. The minimum absolute atomic E-state index is 0.205. The molecule has 0 heterocycles. The summed E-state index contributed by atoms with van der Waals surface area (Å²) in [4.78, 5) is 10.8. The van der Waals surface area contributed by atoms with Gasteiger partial charge in [0.1, 0.15) is 11.6 Å². The van der Waals surface area contributed by atoms with Crippen LogP contribution in [-0.4, -0.2) is 17.7 Å². The van der Waals surface area contributed by atoms with Crippen molar-refractivity contribution >= 4 is 17.7 Å². The molecule has 0 aromatic heterocycles. The van der Waals surface area contributed by atoms with Crippen LogP contribution in [0.25, 0.3) is 0 Å². The molecular weight excluding hydrogens is 234 g/mol. The summed E-state index contributed by atoms with van der Waals surface area (Å²) in [7, 11) is 0. The van der Waals surface area contributed by atoms with E-state index in [2.05, 4.69) is 0 Å². The lowest BCUT2D eigenvalue weighted by molar-refractivity contribution is -0.119. The predicted molar refractivity (Wildman–Crippen MR) is 58.9 cm³/mol. The zero-order chi connectivity index (χ0) is 12.1. The monoisotopic (exact) mass is 246 g/mol. The number of hydrogen-bond acceptors (Lipinski definition) is 3. The molecule has 1 atom stereocenters. The third-order valence-electron chi connectivity index (χ3n) is 1.95. The number of primary amides is 1. The van der Waals surface area contributed by atoms with E-state index in [-0.39, 0.29) is 4.90 Å². The summed E-state index contributed by atoms with van der Waals surface area (Å²) in [5, 5.41) is 0. The second kappa shape index (κ2) is 5.81. The zero-order valence-electron chi connectivity index (χ0n) is 8.45. The average Bonchev–Trinajstić information content (AvgIpc) is 2.22. The third-order valence-corrected chi connectivity index (χ3v) is 3.01. The first-order valence-corrected chi connectivity index (χ1v) is 5.62. The molecule has 0 fully saturated rings. The topological polar surface area (TPSA) is 69.1 Å². The minimum atomic E-state index is -0.746. The predicted octanol–water partition coefficient (Wildman–Crippen LogP) is 1.26.